The van der Waals surface area contributed by atoms with E-state index in [1.165, 1.54) is 37.5 Å². The van der Waals surface area contributed by atoms with Gasteiger partial charge in [0.2, 0.25) is 0 Å². The third kappa shape index (κ3) is 7.21. The zero-order valence-corrected chi connectivity index (χ0v) is 22.1. The Morgan fingerprint density at radius 1 is 1.03 bits per heavy atom. The van der Waals surface area contributed by atoms with Gasteiger partial charge >= 0.3 is 11.9 Å². The number of amides is 1. The zero-order chi connectivity index (χ0) is 27.7. The molecule has 38 heavy (non-hydrogen) atoms. The van der Waals surface area contributed by atoms with Gasteiger partial charge in [0.1, 0.15) is 18.2 Å². The SMILES string of the molecule is CCOC(=O)c1ccc(NC(=O)/C(C#N)=C/c2cc(OC)c(OCc3ccc(C(=O)O)cc3)cc2Br)cc1. The lowest BCUT2D eigenvalue weighted by molar-refractivity contribution is -0.112. The Balaban J connectivity index is 1.75. The first-order valence-corrected chi connectivity index (χ1v) is 12.1. The fourth-order valence-electron chi connectivity index (χ4n) is 3.25. The monoisotopic (exact) mass is 578 g/mol. The van der Waals surface area contributed by atoms with Crippen molar-refractivity contribution in [2.45, 2.75) is 13.5 Å². The summed E-state index contributed by atoms with van der Waals surface area (Å²) < 4.78 is 16.8. The number of nitrogens with one attached hydrogen (secondary N) is 1. The Hall–Kier alpha value is -4.62. The van der Waals surface area contributed by atoms with Crippen molar-refractivity contribution in [2.24, 2.45) is 0 Å². The molecule has 0 aliphatic carbocycles. The number of carbonyl (C=O) groups excluding carboxylic acids is 2. The van der Waals surface area contributed by atoms with Crippen LogP contribution in [0.3, 0.4) is 0 Å². The molecular weight excluding hydrogens is 556 g/mol. The number of benzene rings is 3. The number of esters is 1. The van der Waals surface area contributed by atoms with Gasteiger partial charge in [-0.15, -0.1) is 0 Å². The number of nitriles is 1. The Morgan fingerprint density at radius 3 is 2.26 bits per heavy atom. The molecule has 0 aliphatic heterocycles. The van der Waals surface area contributed by atoms with Gasteiger partial charge < -0.3 is 24.6 Å². The molecule has 2 N–H and O–H groups in total. The molecule has 0 radical (unpaired) electrons. The van der Waals surface area contributed by atoms with Crippen molar-refractivity contribution in [3.8, 4) is 17.6 Å². The lowest BCUT2D eigenvalue weighted by Crippen LogP contribution is -2.13. The first-order chi connectivity index (χ1) is 18.2. The molecule has 3 aromatic rings. The number of hydrogen-bond donors (Lipinski definition) is 2. The maximum Gasteiger partial charge on any atom is 0.338 e. The van der Waals surface area contributed by atoms with Crippen molar-refractivity contribution in [1.82, 2.24) is 0 Å². The quantitative estimate of drug-likeness (QED) is 0.184. The molecule has 3 rings (SSSR count). The molecule has 0 bridgehead atoms. The van der Waals surface area contributed by atoms with E-state index in [1.54, 1.807) is 43.3 Å². The number of aromatic carboxylic acids is 1. The molecular formula is C28H23BrN2O7. The number of nitrogens with zero attached hydrogens (tertiary/aromatic N) is 1. The van der Waals surface area contributed by atoms with Crippen LogP contribution in [0.4, 0.5) is 5.69 Å². The smallest absolute Gasteiger partial charge is 0.338 e. The highest BCUT2D eigenvalue weighted by Crippen LogP contribution is 2.35. The fraction of sp³-hybridized carbons (Fsp3) is 0.143. The van der Waals surface area contributed by atoms with E-state index in [2.05, 4.69) is 21.2 Å². The second-order valence-electron chi connectivity index (χ2n) is 7.74. The van der Waals surface area contributed by atoms with Gasteiger partial charge in [0.15, 0.2) is 11.5 Å². The number of carbonyl (C=O) groups is 3. The molecule has 1 amide bonds. The zero-order valence-electron chi connectivity index (χ0n) is 20.5. The van der Waals surface area contributed by atoms with E-state index >= 15 is 0 Å². The van der Waals surface area contributed by atoms with E-state index in [1.807, 2.05) is 6.07 Å². The number of anilines is 1. The maximum atomic E-state index is 12.7. The number of carboxylic acid groups (broad SMARTS) is 1. The molecule has 10 heteroatoms. The van der Waals surface area contributed by atoms with Crippen molar-refractivity contribution in [2.75, 3.05) is 19.0 Å². The van der Waals surface area contributed by atoms with Gasteiger partial charge in [-0.3, -0.25) is 4.79 Å². The van der Waals surface area contributed by atoms with Crippen LogP contribution < -0.4 is 14.8 Å². The third-order valence-electron chi connectivity index (χ3n) is 5.20. The summed E-state index contributed by atoms with van der Waals surface area (Å²) in [6.45, 7) is 2.13. The Morgan fingerprint density at radius 2 is 1.68 bits per heavy atom. The van der Waals surface area contributed by atoms with E-state index in [4.69, 9.17) is 19.3 Å². The van der Waals surface area contributed by atoms with Gasteiger partial charge in [0, 0.05) is 10.2 Å². The van der Waals surface area contributed by atoms with Crippen molar-refractivity contribution < 1.29 is 33.7 Å². The normalized spacial score (nSPS) is 10.7. The average Bonchev–Trinajstić information content (AvgIpc) is 2.92. The molecule has 0 fully saturated rings. The number of carboxylic acids is 1. The van der Waals surface area contributed by atoms with Crippen LogP contribution in [-0.4, -0.2) is 36.7 Å². The fourth-order valence-corrected chi connectivity index (χ4v) is 3.68. The maximum absolute atomic E-state index is 12.7. The molecule has 3 aromatic carbocycles. The number of hydrogen-bond acceptors (Lipinski definition) is 7. The molecule has 0 atom stereocenters. The third-order valence-corrected chi connectivity index (χ3v) is 5.88. The Labute approximate surface area is 227 Å². The number of methoxy groups -OCH3 is 1. The molecule has 0 unspecified atom stereocenters. The van der Waals surface area contributed by atoms with Crippen LogP contribution in [0.5, 0.6) is 11.5 Å². The summed E-state index contributed by atoms with van der Waals surface area (Å²) in [6, 6.07) is 17.6. The summed E-state index contributed by atoms with van der Waals surface area (Å²) in [5.74, 6) is -1.33. The van der Waals surface area contributed by atoms with E-state index < -0.39 is 17.8 Å². The summed E-state index contributed by atoms with van der Waals surface area (Å²) in [4.78, 5) is 35.5. The summed E-state index contributed by atoms with van der Waals surface area (Å²) in [6.07, 6.45) is 1.41. The lowest BCUT2D eigenvalue weighted by atomic mass is 10.1. The highest BCUT2D eigenvalue weighted by molar-refractivity contribution is 9.10. The summed E-state index contributed by atoms with van der Waals surface area (Å²) >= 11 is 3.44. The van der Waals surface area contributed by atoms with E-state index in [0.29, 0.717) is 32.8 Å². The molecule has 0 saturated heterocycles. The van der Waals surface area contributed by atoms with Gasteiger partial charge in [0.25, 0.3) is 5.91 Å². The predicted octanol–water partition coefficient (Wildman–Crippen LogP) is 5.46. The van der Waals surface area contributed by atoms with Gasteiger partial charge in [-0.1, -0.05) is 28.1 Å². The predicted molar refractivity (Wildman–Crippen MR) is 143 cm³/mol. The van der Waals surface area contributed by atoms with Crippen LogP contribution in [0.15, 0.2) is 70.7 Å². The van der Waals surface area contributed by atoms with Gasteiger partial charge in [0.05, 0.1) is 24.8 Å². The van der Waals surface area contributed by atoms with Crippen LogP contribution in [0.25, 0.3) is 6.08 Å². The number of rotatable bonds is 10. The van der Waals surface area contributed by atoms with Crippen molar-refractivity contribution >= 4 is 45.5 Å². The standard InChI is InChI=1S/C28H23BrN2O7/c1-3-37-28(35)19-8-10-22(11-9-19)31-26(32)21(15-30)12-20-13-24(36-2)25(14-23(20)29)38-16-17-4-6-18(7-5-17)27(33)34/h4-14H,3,16H2,1-2H3,(H,31,32)(H,33,34)/b21-12+. The van der Waals surface area contributed by atoms with Crippen LogP contribution in [-0.2, 0) is 16.1 Å². The first-order valence-electron chi connectivity index (χ1n) is 11.3. The average molecular weight is 579 g/mol. The van der Waals surface area contributed by atoms with Crippen molar-refractivity contribution in [1.29, 1.82) is 5.26 Å². The Bertz CT molecular complexity index is 1410. The minimum absolute atomic E-state index is 0.158. The molecule has 0 spiro atoms. The Kier molecular flexibility index (Phi) is 9.62. The van der Waals surface area contributed by atoms with E-state index in [9.17, 15) is 19.6 Å². The minimum Gasteiger partial charge on any atom is -0.493 e. The molecule has 0 aliphatic rings. The minimum atomic E-state index is -1.01. The largest absolute Gasteiger partial charge is 0.493 e. The van der Waals surface area contributed by atoms with Crippen LogP contribution in [0.2, 0.25) is 0 Å². The second-order valence-corrected chi connectivity index (χ2v) is 8.59. The molecule has 9 nitrogen and oxygen atoms in total. The number of ether oxygens (including phenoxy) is 3. The summed E-state index contributed by atoms with van der Waals surface area (Å²) in [5, 5.41) is 21.3. The molecule has 0 saturated carbocycles. The topological polar surface area (TPSA) is 135 Å². The molecule has 0 aromatic heterocycles. The first kappa shape index (κ1) is 28.0. The van der Waals surface area contributed by atoms with Crippen molar-refractivity contribution in [3.63, 3.8) is 0 Å². The van der Waals surface area contributed by atoms with Gasteiger partial charge in [-0.05, 0) is 72.7 Å². The second kappa shape index (κ2) is 13.1. The van der Waals surface area contributed by atoms with Gasteiger partial charge in [-0.2, -0.15) is 5.26 Å². The van der Waals surface area contributed by atoms with Crippen LogP contribution in [0.1, 0.15) is 38.8 Å². The molecule has 194 valence electrons. The number of halogens is 1. The van der Waals surface area contributed by atoms with E-state index in [0.717, 1.165) is 5.56 Å². The van der Waals surface area contributed by atoms with Crippen molar-refractivity contribution in [3.05, 3.63) is 93.0 Å². The van der Waals surface area contributed by atoms with Crippen LogP contribution >= 0.6 is 15.9 Å². The summed E-state index contributed by atoms with van der Waals surface area (Å²) in [7, 11) is 1.46. The summed E-state index contributed by atoms with van der Waals surface area (Å²) in [5.41, 5.74) is 2.03. The molecule has 0 heterocycles. The van der Waals surface area contributed by atoms with E-state index in [-0.39, 0.29) is 24.4 Å². The lowest BCUT2D eigenvalue weighted by Gasteiger charge is -2.13. The highest BCUT2D eigenvalue weighted by atomic mass is 79.9. The van der Waals surface area contributed by atoms with Crippen LogP contribution in [0, 0.1) is 11.3 Å². The van der Waals surface area contributed by atoms with Gasteiger partial charge in [-0.25, -0.2) is 9.59 Å². The highest BCUT2D eigenvalue weighted by Gasteiger charge is 2.15.